The molecule has 5 atom stereocenters. The fraction of sp³-hybridized carbons (Fsp3) is 0.344. The highest BCUT2D eigenvalue weighted by Gasteiger charge is 2.40. The second-order valence-electron chi connectivity index (χ2n) is 19.9. The maximum atomic E-state index is 6.33. The van der Waals surface area contributed by atoms with Gasteiger partial charge >= 0.3 is 0 Å². The summed E-state index contributed by atoms with van der Waals surface area (Å²) in [7, 11) is 0. The summed E-state index contributed by atoms with van der Waals surface area (Å²) in [6.07, 6.45) is 21.6. The molecule has 0 saturated heterocycles. The van der Waals surface area contributed by atoms with Gasteiger partial charge < -0.3 is 11.1 Å². The van der Waals surface area contributed by atoms with Crippen LogP contribution in [0, 0.1) is 41.4 Å². The van der Waals surface area contributed by atoms with Crippen LogP contribution >= 0.6 is 0 Å². The average Bonchev–Trinajstić information content (AvgIpc) is 3.55. The van der Waals surface area contributed by atoms with E-state index in [-0.39, 0.29) is 11.8 Å². The Morgan fingerprint density at radius 1 is 0.463 bits per heavy atom. The van der Waals surface area contributed by atoms with Gasteiger partial charge in [-0.1, -0.05) is 91.0 Å². The van der Waals surface area contributed by atoms with Crippen LogP contribution in [0.25, 0.3) is 0 Å². The van der Waals surface area contributed by atoms with E-state index in [1.54, 1.807) is 0 Å². The fourth-order valence-corrected chi connectivity index (χ4v) is 11.8. The van der Waals surface area contributed by atoms with Crippen LogP contribution in [0.2, 0.25) is 0 Å². The summed E-state index contributed by atoms with van der Waals surface area (Å²) in [6, 6.07) is 56.6. The third-order valence-electron chi connectivity index (χ3n) is 15.5. The Bertz CT molecular complexity index is 2600. The number of aliphatic imine (C=N–C) groups is 4. The largest absolute Gasteiger partial charge is 0.399 e. The highest BCUT2D eigenvalue weighted by atomic mass is 14.9. The Labute approximate surface area is 398 Å². The molecule has 6 aromatic rings. The van der Waals surface area contributed by atoms with Crippen molar-refractivity contribution in [2.45, 2.75) is 82.5 Å². The van der Waals surface area contributed by atoms with Gasteiger partial charge in [-0.3, -0.25) is 20.0 Å². The molecule has 3 aliphatic carbocycles. The van der Waals surface area contributed by atoms with E-state index in [1.165, 1.54) is 47.2 Å². The molecule has 4 aliphatic rings. The number of para-hydroxylation sites is 3. The zero-order valence-electron chi connectivity index (χ0n) is 38.9. The molecular weight excluding hydrogens is 817 g/mol. The van der Waals surface area contributed by atoms with Gasteiger partial charge in [-0.2, -0.15) is 0 Å². The van der Waals surface area contributed by atoms with Gasteiger partial charge in [-0.15, -0.1) is 0 Å². The highest BCUT2D eigenvalue weighted by Crippen LogP contribution is 2.51. The van der Waals surface area contributed by atoms with Crippen LogP contribution in [0.3, 0.4) is 0 Å². The number of nitrogens with zero attached hydrogens (tertiary/aromatic N) is 4. The Morgan fingerprint density at radius 3 is 1.46 bits per heavy atom. The normalized spacial score (nSPS) is 26.0. The number of nitrogens with one attached hydrogen (secondary N) is 1. The number of fused-ring (bicyclic) bond motifs is 2. The van der Waals surface area contributed by atoms with Crippen LogP contribution in [-0.4, -0.2) is 31.4 Å². The van der Waals surface area contributed by atoms with Crippen LogP contribution in [0.4, 0.5) is 34.1 Å². The maximum Gasteiger partial charge on any atom is 0.0626 e. The minimum absolute atomic E-state index is 0.274. The molecule has 10 rings (SSSR count). The molecule has 0 aromatic heterocycles. The molecule has 0 radical (unpaired) electrons. The molecule has 1 heterocycles. The van der Waals surface area contributed by atoms with Crippen molar-refractivity contribution in [3.8, 4) is 0 Å². The molecule has 6 nitrogen and oxygen atoms in total. The Hall–Kier alpha value is -6.40. The molecule has 1 aliphatic heterocycles. The summed E-state index contributed by atoms with van der Waals surface area (Å²) in [5.41, 5.74) is 18.2. The zero-order valence-corrected chi connectivity index (χ0v) is 38.9. The summed E-state index contributed by atoms with van der Waals surface area (Å²) in [6.45, 7) is 0.974. The first-order valence-electron chi connectivity index (χ1n) is 25.2. The van der Waals surface area contributed by atoms with E-state index in [0.717, 1.165) is 86.3 Å². The van der Waals surface area contributed by atoms with Crippen molar-refractivity contribution < 1.29 is 0 Å². The standard InChI is InChI=1S/C61H66N6/c62-52-30-25-49(26-31-52)61-57-34-22-46(41-66-55-14-8-3-9-15-55)36-51(57)42-67-59-35-29-50(37-58(59)61)60(47-23-20-45(21-24-47)40-64-54-12-6-2-7-13-54)48-27-32-56(33-28-48)65-39-44-18-16-43(17-19-44)38-63-53-10-4-1-5-11-53/h1-15,25-33,35,37-41,43-47,51,57,60-61,67H,16-24,34,36,42,62H2/b63-38+,64-40+,65-39+,66-41+. The third kappa shape index (κ3) is 11.2. The molecule has 3 fully saturated rings. The summed E-state index contributed by atoms with van der Waals surface area (Å²) >= 11 is 0. The molecule has 0 amide bonds. The Morgan fingerprint density at radius 2 is 0.925 bits per heavy atom. The number of hydrogen-bond acceptors (Lipinski definition) is 6. The molecule has 6 heteroatoms. The lowest BCUT2D eigenvalue weighted by Crippen LogP contribution is -2.32. The molecule has 3 saturated carbocycles. The van der Waals surface area contributed by atoms with Crippen LogP contribution < -0.4 is 11.1 Å². The molecule has 3 N–H and O–H groups in total. The van der Waals surface area contributed by atoms with Gasteiger partial charge in [0.05, 0.1) is 22.7 Å². The van der Waals surface area contributed by atoms with E-state index in [4.69, 9.17) is 25.7 Å². The van der Waals surface area contributed by atoms with Crippen molar-refractivity contribution in [1.29, 1.82) is 0 Å². The third-order valence-corrected chi connectivity index (χ3v) is 15.5. The molecule has 5 unspecified atom stereocenters. The highest BCUT2D eigenvalue weighted by molar-refractivity contribution is 5.70. The SMILES string of the molecule is Nc1ccc(C2c3cc(C(c4ccc(/N=C/C5CCC(/C=N/c6ccccc6)CC5)cc4)C4CCC(/C=N/c5ccccc5)CC4)ccc3NCC3CC(/C=N/c4ccccc4)CCC32)cc1. The molecular formula is C61H66N6. The van der Waals surface area contributed by atoms with Gasteiger partial charge in [-0.25, -0.2) is 0 Å². The topological polar surface area (TPSA) is 87.5 Å². The number of anilines is 2. The van der Waals surface area contributed by atoms with Crippen LogP contribution in [0.15, 0.2) is 178 Å². The summed E-state index contributed by atoms with van der Waals surface area (Å²) in [5.74, 6) is 4.13. The number of nitrogen functional groups attached to an aromatic ring is 1. The first kappa shape index (κ1) is 44.4. The van der Waals surface area contributed by atoms with E-state index in [9.17, 15) is 0 Å². The first-order chi connectivity index (χ1) is 33.1. The number of benzene rings is 6. The van der Waals surface area contributed by atoms with Gasteiger partial charge in [0.15, 0.2) is 0 Å². The van der Waals surface area contributed by atoms with Gasteiger partial charge in [-0.05, 0) is 201 Å². The van der Waals surface area contributed by atoms with Crippen molar-refractivity contribution in [2.75, 3.05) is 17.6 Å². The number of hydrogen-bond donors (Lipinski definition) is 2. The molecule has 6 aromatic carbocycles. The van der Waals surface area contributed by atoms with Gasteiger partial charge in [0.1, 0.15) is 0 Å². The van der Waals surface area contributed by atoms with Gasteiger partial charge in [0.25, 0.3) is 0 Å². The van der Waals surface area contributed by atoms with Gasteiger partial charge in [0, 0.05) is 54.6 Å². The lowest BCUT2D eigenvalue weighted by atomic mass is 9.65. The Balaban J connectivity index is 0.906. The van der Waals surface area contributed by atoms with Gasteiger partial charge in [0.2, 0.25) is 0 Å². The van der Waals surface area contributed by atoms with E-state index in [1.807, 2.05) is 6.07 Å². The van der Waals surface area contributed by atoms with Crippen molar-refractivity contribution in [3.05, 3.63) is 180 Å². The van der Waals surface area contributed by atoms with E-state index >= 15 is 0 Å². The minimum atomic E-state index is 0.274. The smallest absolute Gasteiger partial charge is 0.0626 e. The fourth-order valence-electron chi connectivity index (χ4n) is 11.8. The van der Waals surface area contributed by atoms with Crippen molar-refractivity contribution in [1.82, 2.24) is 0 Å². The van der Waals surface area contributed by atoms with Crippen LogP contribution in [0.5, 0.6) is 0 Å². The summed E-state index contributed by atoms with van der Waals surface area (Å²) in [4.78, 5) is 19.7. The number of nitrogens with two attached hydrogens (primary N) is 1. The quantitative estimate of drug-likeness (QED) is 0.0947. The minimum Gasteiger partial charge on any atom is -0.399 e. The van der Waals surface area contributed by atoms with Crippen LogP contribution in [-0.2, 0) is 0 Å². The summed E-state index contributed by atoms with van der Waals surface area (Å²) < 4.78 is 0. The number of rotatable bonds is 12. The monoisotopic (exact) mass is 883 g/mol. The van der Waals surface area contributed by atoms with Crippen molar-refractivity contribution >= 4 is 59.0 Å². The molecule has 0 bridgehead atoms. The van der Waals surface area contributed by atoms with E-state index < -0.39 is 0 Å². The van der Waals surface area contributed by atoms with Crippen molar-refractivity contribution in [2.24, 2.45) is 61.4 Å². The zero-order chi connectivity index (χ0) is 45.2. The van der Waals surface area contributed by atoms with Crippen molar-refractivity contribution in [3.63, 3.8) is 0 Å². The summed E-state index contributed by atoms with van der Waals surface area (Å²) in [5, 5.41) is 4.01. The molecule has 0 spiro atoms. The van der Waals surface area contributed by atoms with Crippen LogP contribution in [0.1, 0.15) is 105 Å². The Kier molecular flexibility index (Phi) is 14.2. The maximum absolute atomic E-state index is 6.33. The lowest BCUT2D eigenvalue weighted by molar-refractivity contribution is 0.207. The first-order valence-corrected chi connectivity index (χ1v) is 25.2. The molecule has 67 heavy (non-hydrogen) atoms. The molecule has 340 valence electrons. The second kappa shape index (κ2) is 21.5. The average molecular weight is 883 g/mol. The lowest BCUT2D eigenvalue weighted by Gasteiger charge is -2.39. The van der Waals surface area contributed by atoms with E-state index in [2.05, 4.69) is 182 Å². The second-order valence-corrected chi connectivity index (χ2v) is 19.9. The predicted octanol–water partition coefficient (Wildman–Crippen LogP) is 15.5. The predicted molar refractivity (Wildman–Crippen MR) is 283 cm³/mol. The van der Waals surface area contributed by atoms with E-state index in [0.29, 0.717) is 41.4 Å².